The summed E-state index contributed by atoms with van der Waals surface area (Å²) in [5.41, 5.74) is 0.881. The molecule has 0 bridgehead atoms. The minimum absolute atomic E-state index is 0.108. The zero-order chi connectivity index (χ0) is 14.5. The Hall–Kier alpha value is -2.30. The topological polar surface area (TPSA) is 66.8 Å². The van der Waals surface area contributed by atoms with Gasteiger partial charge in [-0.1, -0.05) is 36.4 Å². The van der Waals surface area contributed by atoms with Gasteiger partial charge in [0, 0.05) is 6.54 Å². The van der Waals surface area contributed by atoms with Gasteiger partial charge in [-0.15, -0.1) is 6.58 Å². The van der Waals surface area contributed by atoms with Crippen molar-refractivity contribution in [1.29, 1.82) is 0 Å². The van der Waals surface area contributed by atoms with Crippen molar-refractivity contribution < 1.29 is 19.4 Å². The Morgan fingerprint density at radius 1 is 1.45 bits per heavy atom. The fraction of sp³-hybridized carbons (Fsp3) is 0.333. The summed E-state index contributed by atoms with van der Waals surface area (Å²) in [6.07, 6.45) is 0.987. The van der Waals surface area contributed by atoms with Crippen molar-refractivity contribution in [1.82, 2.24) is 4.90 Å². The summed E-state index contributed by atoms with van der Waals surface area (Å²) >= 11 is 0. The number of cyclic esters (lactones) is 1. The Balaban J connectivity index is 2.18. The lowest BCUT2D eigenvalue weighted by atomic mass is 9.97. The molecule has 1 aromatic rings. The highest BCUT2D eigenvalue weighted by Crippen LogP contribution is 2.26. The molecule has 5 heteroatoms. The molecule has 1 saturated heterocycles. The Bertz CT molecular complexity index is 500. The molecule has 1 aliphatic rings. The molecule has 0 radical (unpaired) electrons. The molecule has 1 fully saturated rings. The summed E-state index contributed by atoms with van der Waals surface area (Å²) in [5.74, 6) is -0.818. The van der Waals surface area contributed by atoms with E-state index in [9.17, 15) is 14.7 Å². The Labute approximate surface area is 117 Å². The third-order valence-corrected chi connectivity index (χ3v) is 3.43. The van der Waals surface area contributed by atoms with Crippen LogP contribution in [0.3, 0.4) is 0 Å². The summed E-state index contributed by atoms with van der Waals surface area (Å²) in [7, 11) is 0. The molecule has 0 aliphatic carbocycles. The van der Waals surface area contributed by atoms with E-state index in [2.05, 4.69) is 6.58 Å². The van der Waals surface area contributed by atoms with Crippen molar-refractivity contribution in [3.05, 3.63) is 48.6 Å². The second-order valence-electron chi connectivity index (χ2n) is 4.72. The fourth-order valence-corrected chi connectivity index (χ4v) is 2.39. The predicted octanol–water partition coefficient (Wildman–Crippen LogP) is 2.28. The quantitative estimate of drug-likeness (QED) is 0.661. The molecule has 0 spiro atoms. The second kappa shape index (κ2) is 6.23. The SMILES string of the molecule is C=CC[C@H]1C(=O)OC[C@@H]1N(Cc1ccccc1)C(=O)O. The van der Waals surface area contributed by atoms with Crippen molar-refractivity contribution >= 4 is 12.1 Å². The largest absolute Gasteiger partial charge is 0.465 e. The van der Waals surface area contributed by atoms with Gasteiger partial charge in [0.25, 0.3) is 0 Å². The van der Waals surface area contributed by atoms with E-state index in [1.165, 1.54) is 4.90 Å². The van der Waals surface area contributed by atoms with Crippen molar-refractivity contribution in [2.75, 3.05) is 6.61 Å². The van der Waals surface area contributed by atoms with Gasteiger partial charge in [-0.25, -0.2) is 4.79 Å². The summed E-state index contributed by atoms with van der Waals surface area (Å²) in [6.45, 7) is 3.96. The van der Waals surface area contributed by atoms with E-state index in [4.69, 9.17) is 4.74 Å². The van der Waals surface area contributed by atoms with E-state index in [1.807, 2.05) is 30.3 Å². The van der Waals surface area contributed by atoms with Gasteiger partial charge in [0.15, 0.2) is 0 Å². The number of carbonyl (C=O) groups excluding carboxylic acids is 1. The van der Waals surface area contributed by atoms with Crippen LogP contribution in [0.25, 0.3) is 0 Å². The molecule has 20 heavy (non-hydrogen) atoms. The zero-order valence-electron chi connectivity index (χ0n) is 11.1. The molecule has 1 aliphatic heterocycles. The lowest BCUT2D eigenvalue weighted by Crippen LogP contribution is -2.43. The maximum Gasteiger partial charge on any atom is 0.407 e. The first-order valence-corrected chi connectivity index (χ1v) is 6.44. The molecule has 106 valence electrons. The summed E-state index contributed by atoms with van der Waals surface area (Å²) in [5, 5.41) is 9.40. The molecule has 1 amide bonds. The highest BCUT2D eigenvalue weighted by Gasteiger charge is 2.41. The van der Waals surface area contributed by atoms with Gasteiger partial charge in [-0.2, -0.15) is 0 Å². The highest BCUT2D eigenvalue weighted by atomic mass is 16.5. The maximum absolute atomic E-state index is 11.7. The number of benzene rings is 1. The molecule has 0 aromatic heterocycles. The maximum atomic E-state index is 11.7. The number of hydrogen-bond acceptors (Lipinski definition) is 3. The van der Waals surface area contributed by atoms with Crippen LogP contribution in [0, 0.1) is 5.92 Å². The van der Waals surface area contributed by atoms with Crippen LogP contribution >= 0.6 is 0 Å². The number of nitrogens with zero attached hydrogens (tertiary/aromatic N) is 1. The molecule has 0 unspecified atom stereocenters. The molecule has 0 saturated carbocycles. The molecule has 2 atom stereocenters. The van der Waals surface area contributed by atoms with Crippen LogP contribution in [0.1, 0.15) is 12.0 Å². The van der Waals surface area contributed by atoms with Gasteiger partial charge in [-0.05, 0) is 12.0 Å². The second-order valence-corrected chi connectivity index (χ2v) is 4.72. The number of allylic oxidation sites excluding steroid dienone is 1. The van der Waals surface area contributed by atoms with E-state index in [1.54, 1.807) is 6.08 Å². The lowest BCUT2D eigenvalue weighted by Gasteiger charge is -2.27. The van der Waals surface area contributed by atoms with E-state index >= 15 is 0 Å². The van der Waals surface area contributed by atoms with E-state index in [0.717, 1.165) is 5.56 Å². The molecular formula is C15H17NO4. The summed E-state index contributed by atoms with van der Waals surface area (Å²) in [4.78, 5) is 24.4. The average Bonchev–Trinajstić information content (AvgIpc) is 2.79. The first kappa shape index (κ1) is 14.1. The lowest BCUT2D eigenvalue weighted by molar-refractivity contribution is -0.141. The molecule has 5 nitrogen and oxygen atoms in total. The number of carbonyl (C=O) groups is 2. The number of hydrogen-bond donors (Lipinski definition) is 1. The van der Waals surface area contributed by atoms with Gasteiger partial charge in [0.1, 0.15) is 6.61 Å². The van der Waals surface area contributed by atoms with Crippen LogP contribution in [0.4, 0.5) is 4.79 Å². The van der Waals surface area contributed by atoms with Gasteiger partial charge in [0.2, 0.25) is 0 Å². The van der Waals surface area contributed by atoms with Crippen molar-refractivity contribution in [2.24, 2.45) is 5.92 Å². The summed E-state index contributed by atoms with van der Waals surface area (Å²) in [6, 6.07) is 8.83. The first-order valence-electron chi connectivity index (χ1n) is 6.44. The van der Waals surface area contributed by atoms with Crippen LogP contribution in [0.5, 0.6) is 0 Å². The van der Waals surface area contributed by atoms with Crippen molar-refractivity contribution in [3.63, 3.8) is 0 Å². The molecule has 1 N–H and O–H groups in total. The number of carboxylic acid groups (broad SMARTS) is 1. The molecular weight excluding hydrogens is 258 g/mol. The number of ether oxygens (including phenoxy) is 1. The van der Waals surface area contributed by atoms with Gasteiger partial charge in [0.05, 0.1) is 12.0 Å². The standard InChI is InChI=1S/C15H17NO4/c1-2-6-12-13(10-20-14(12)17)16(15(18)19)9-11-7-4-3-5-8-11/h2-5,7-8,12-13H,1,6,9-10H2,(H,18,19)/t12-,13+/m1/s1. The van der Waals surface area contributed by atoms with Crippen LogP contribution in [-0.2, 0) is 16.1 Å². The fourth-order valence-electron chi connectivity index (χ4n) is 2.39. The third-order valence-electron chi connectivity index (χ3n) is 3.43. The van der Waals surface area contributed by atoms with Gasteiger partial charge in [-0.3, -0.25) is 9.69 Å². The van der Waals surface area contributed by atoms with Crippen molar-refractivity contribution in [3.8, 4) is 0 Å². The minimum atomic E-state index is -1.05. The van der Waals surface area contributed by atoms with Crippen LogP contribution in [0.15, 0.2) is 43.0 Å². The van der Waals surface area contributed by atoms with Crippen LogP contribution < -0.4 is 0 Å². The Kier molecular flexibility index (Phi) is 4.40. The molecule has 1 heterocycles. The number of rotatable bonds is 5. The Morgan fingerprint density at radius 2 is 2.15 bits per heavy atom. The highest BCUT2D eigenvalue weighted by molar-refractivity contribution is 5.77. The van der Waals surface area contributed by atoms with Crippen LogP contribution in [-0.4, -0.2) is 34.7 Å². The van der Waals surface area contributed by atoms with Crippen LogP contribution in [0.2, 0.25) is 0 Å². The monoisotopic (exact) mass is 275 g/mol. The Morgan fingerprint density at radius 3 is 2.75 bits per heavy atom. The molecule has 1 aromatic carbocycles. The molecule has 2 rings (SSSR count). The number of esters is 1. The van der Waals surface area contributed by atoms with Gasteiger partial charge < -0.3 is 9.84 Å². The van der Waals surface area contributed by atoms with Crippen molar-refractivity contribution in [2.45, 2.75) is 19.0 Å². The van der Waals surface area contributed by atoms with E-state index < -0.39 is 18.1 Å². The van der Waals surface area contributed by atoms with Gasteiger partial charge >= 0.3 is 12.1 Å². The average molecular weight is 275 g/mol. The predicted molar refractivity (Wildman–Crippen MR) is 73.1 cm³/mol. The normalized spacial score (nSPS) is 21.3. The summed E-state index contributed by atoms with van der Waals surface area (Å²) < 4.78 is 5.01. The van der Waals surface area contributed by atoms with E-state index in [-0.39, 0.29) is 19.1 Å². The smallest absolute Gasteiger partial charge is 0.407 e. The zero-order valence-corrected chi connectivity index (χ0v) is 11.1. The minimum Gasteiger partial charge on any atom is -0.465 e. The van der Waals surface area contributed by atoms with E-state index in [0.29, 0.717) is 6.42 Å². The number of amides is 1. The third kappa shape index (κ3) is 2.99. The first-order chi connectivity index (χ1) is 9.63.